The number of aliphatic hydroxyl groups is 1. The first-order valence-corrected chi connectivity index (χ1v) is 5.85. The third-order valence-electron chi connectivity index (χ3n) is 2.32. The van der Waals surface area contributed by atoms with Crippen LogP contribution in [0.25, 0.3) is 0 Å². The van der Waals surface area contributed by atoms with Crippen LogP contribution in [0.1, 0.15) is 11.3 Å². The van der Waals surface area contributed by atoms with Gasteiger partial charge in [0.25, 0.3) is 0 Å². The van der Waals surface area contributed by atoms with Crippen molar-refractivity contribution in [3.05, 3.63) is 23.4 Å². The van der Waals surface area contributed by atoms with E-state index in [1.165, 1.54) is 6.07 Å². The molecule has 0 bridgehead atoms. The van der Waals surface area contributed by atoms with Gasteiger partial charge in [-0.05, 0) is 19.1 Å². The number of aliphatic hydroxyl groups excluding tert-OH is 1. The molecule has 0 fully saturated rings. The maximum absolute atomic E-state index is 12.5. The van der Waals surface area contributed by atoms with Crippen molar-refractivity contribution in [1.82, 2.24) is 4.98 Å². The highest BCUT2D eigenvalue weighted by Crippen LogP contribution is 2.24. The molecule has 0 atom stereocenters. The average Bonchev–Trinajstić information content (AvgIpc) is 2.26. The summed E-state index contributed by atoms with van der Waals surface area (Å²) in [6.45, 7) is -0.203. The molecular formula is C11H14F3N3OS. The standard InChI is InChI=1S/C11H14F3N3OS/c1-7-2-3-8(9(15)19)10(16-7)17(4-5-18)6-11(12,13)14/h2-3,18H,4-6H2,1H3,(H2,15,19). The number of hydrogen-bond donors (Lipinski definition) is 2. The van der Waals surface area contributed by atoms with Gasteiger partial charge < -0.3 is 15.7 Å². The minimum atomic E-state index is -4.41. The van der Waals surface area contributed by atoms with Crippen molar-refractivity contribution in [3.63, 3.8) is 0 Å². The molecule has 0 saturated heterocycles. The van der Waals surface area contributed by atoms with Gasteiger partial charge >= 0.3 is 6.18 Å². The minimum absolute atomic E-state index is 0.0346. The van der Waals surface area contributed by atoms with Gasteiger partial charge in [-0.25, -0.2) is 4.98 Å². The van der Waals surface area contributed by atoms with E-state index in [2.05, 4.69) is 4.98 Å². The Balaban J connectivity index is 3.20. The van der Waals surface area contributed by atoms with Gasteiger partial charge in [0.1, 0.15) is 17.4 Å². The van der Waals surface area contributed by atoms with Crippen LogP contribution in [0.3, 0.4) is 0 Å². The topological polar surface area (TPSA) is 62.4 Å². The van der Waals surface area contributed by atoms with Crippen LogP contribution in [0.15, 0.2) is 12.1 Å². The molecule has 1 aromatic rings. The molecule has 8 heteroatoms. The summed E-state index contributed by atoms with van der Waals surface area (Å²) in [4.78, 5) is 4.93. The van der Waals surface area contributed by atoms with Crippen molar-refractivity contribution in [1.29, 1.82) is 0 Å². The monoisotopic (exact) mass is 293 g/mol. The molecule has 0 unspecified atom stereocenters. The zero-order chi connectivity index (χ0) is 14.6. The first-order chi connectivity index (χ1) is 8.74. The third kappa shape index (κ3) is 4.64. The van der Waals surface area contributed by atoms with Gasteiger partial charge in [0.05, 0.1) is 12.2 Å². The van der Waals surface area contributed by atoms with E-state index < -0.39 is 19.3 Å². The maximum Gasteiger partial charge on any atom is 0.405 e. The molecule has 0 amide bonds. The van der Waals surface area contributed by atoms with Crippen molar-refractivity contribution in [2.75, 3.05) is 24.6 Å². The smallest absolute Gasteiger partial charge is 0.395 e. The fourth-order valence-corrected chi connectivity index (χ4v) is 1.73. The molecule has 4 nitrogen and oxygen atoms in total. The summed E-state index contributed by atoms with van der Waals surface area (Å²) in [5, 5.41) is 8.89. The number of aromatic nitrogens is 1. The summed E-state index contributed by atoms with van der Waals surface area (Å²) < 4.78 is 37.6. The Hall–Kier alpha value is -1.41. The Morgan fingerprint density at radius 1 is 1.47 bits per heavy atom. The normalized spacial score (nSPS) is 11.4. The number of alkyl halides is 3. The van der Waals surface area contributed by atoms with Gasteiger partial charge in [-0.1, -0.05) is 12.2 Å². The van der Waals surface area contributed by atoms with E-state index in [4.69, 9.17) is 23.1 Å². The van der Waals surface area contributed by atoms with E-state index in [9.17, 15) is 13.2 Å². The summed E-state index contributed by atoms with van der Waals surface area (Å²) in [5.74, 6) is 0.0406. The van der Waals surface area contributed by atoms with Crippen molar-refractivity contribution in [3.8, 4) is 0 Å². The zero-order valence-electron chi connectivity index (χ0n) is 10.2. The summed E-state index contributed by atoms with van der Waals surface area (Å²) in [6, 6.07) is 3.14. The number of nitrogens with zero attached hydrogens (tertiary/aromatic N) is 2. The molecule has 0 spiro atoms. The van der Waals surface area contributed by atoms with Gasteiger partial charge in [0, 0.05) is 12.2 Å². The van der Waals surface area contributed by atoms with E-state index in [1.54, 1.807) is 13.0 Å². The predicted octanol–water partition coefficient (Wildman–Crippen LogP) is 1.39. The van der Waals surface area contributed by atoms with Gasteiger partial charge in [-0.2, -0.15) is 13.2 Å². The van der Waals surface area contributed by atoms with Crippen LogP contribution in [0.2, 0.25) is 0 Å². The van der Waals surface area contributed by atoms with Crippen LogP contribution in [-0.4, -0.2) is 41.0 Å². The molecule has 1 heterocycles. The highest BCUT2D eigenvalue weighted by molar-refractivity contribution is 7.80. The Kier molecular flexibility index (Phi) is 5.07. The highest BCUT2D eigenvalue weighted by Gasteiger charge is 2.32. The fraction of sp³-hybridized carbons (Fsp3) is 0.455. The van der Waals surface area contributed by atoms with Crippen LogP contribution >= 0.6 is 12.2 Å². The van der Waals surface area contributed by atoms with E-state index in [1.807, 2.05) is 0 Å². The molecule has 0 aliphatic rings. The second kappa shape index (κ2) is 6.16. The molecule has 0 saturated carbocycles. The molecule has 3 N–H and O–H groups in total. The maximum atomic E-state index is 12.5. The molecule has 1 aromatic heterocycles. The molecule has 1 rings (SSSR count). The lowest BCUT2D eigenvalue weighted by molar-refractivity contribution is -0.120. The Morgan fingerprint density at radius 3 is 2.58 bits per heavy atom. The quantitative estimate of drug-likeness (QED) is 0.803. The number of hydrogen-bond acceptors (Lipinski definition) is 4. The van der Waals surface area contributed by atoms with Crippen LogP contribution in [-0.2, 0) is 0 Å². The molecule has 19 heavy (non-hydrogen) atoms. The lowest BCUT2D eigenvalue weighted by Gasteiger charge is -2.26. The lowest BCUT2D eigenvalue weighted by atomic mass is 10.2. The largest absolute Gasteiger partial charge is 0.405 e. The molecular weight excluding hydrogens is 279 g/mol. The molecule has 0 aliphatic carbocycles. The molecule has 0 aromatic carbocycles. The molecule has 106 valence electrons. The van der Waals surface area contributed by atoms with Crippen molar-refractivity contribution >= 4 is 23.0 Å². The average molecular weight is 293 g/mol. The lowest BCUT2D eigenvalue weighted by Crippen LogP contribution is -2.38. The minimum Gasteiger partial charge on any atom is -0.395 e. The summed E-state index contributed by atoms with van der Waals surface area (Å²) in [6.07, 6.45) is -4.41. The number of anilines is 1. The van der Waals surface area contributed by atoms with Crippen molar-refractivity contribution in [2.45, 2.75) is 13.1 Å². The Morgan fingerprint density at radius 2 is 2.11 bits per heavy atom. The number of pyridine rings is 1. The second-order valence-corrected chi connectivity index (χ2v) is 4.39. The van der Waals surface area contributed by atoms with Crippen LogP contribution in [0, 0.1) is 6.92 Å². The summed E-state index contributed by atoms with van der Waals surface area (Å²) in [5.41, 5.74) is 6.29. The van der Waals surface area contributed by atoms with Gasteiger partial charge in [-0.3, -0.25) is 0 Å². The van der Waals surface area contributed by atoms with Crippen LogP contribution < -0.4 is 10.6 Å². The van der Waals surface area contributed by atoms with E-state index >= 15 is 0 Å². The first-order valence-electron chi connectivity index (χ1n) is 5.44. The van der Waals surface area contributed by atoms with Crippen LogP contribution in [0.4, 0.5) is 19.0 Å². The second-order valence-electron chi connectivity index (χ2n) is 3.95. The summed E-state index contributed by atoms with van der Waals surface area (Å²) >= 11 is 4.80. The SMILES string of the molecule is Cc1ccc(C(N)=S)c(N(CCO)CC(F)(F)F)n1. The number of halogens is 3. The Bertz CT molecular complexity index is 465. The molecule has 0 radical (unpaired) electrons. The molecule has 0 aliphatic heterocycles. The first kappa shape index (κ1) is 15.6. The van der Waals surface area contributed by atoms with Crippen LogP contribution in [0.5, 0.6) is 0 Å². The number of rotatable bonds is 5. The number of thiocarbonyl (C=S) groups is 1. The van der Waals surface area contributed by atoms with E-state index in [0.717, 1.165) is 4.90 Å². The van der Waals surface area contributed by atoms with E-state index in [0.29, 0.717) is 5.69 Å². The zero-order valence-corrected chi connectivity index (χ0v) is 11.1. The van der Waals surface area contributed by atoms with Crippen molar-refractivity contribution in [2.24, 2.45) is 5.73 Å². The fourth-order valence-electron chi connectivity index (χ4n) is 1.57. The Labute approximate surface area is 114 Å². The predicted molar refractivity (Wildman–Crippen MR) is 70.2 cm³/mol. The number of nitrogens with two attached hydrogens (primary N) is 1. The summed E-state index contributed by atoms with van der Waals surface area (Å²) in [7, 11) is 0. The van der Waals surface area contributed by atoms with Crippen molar-refractivity contribution < 1.29 is 18.3 Å². The van der Waals surface area contributed by atoms with Gasteiger partial charge in [0.15, 0.2) is 0 Å². The third-order valence-corrected chi connectivity index (χ3v) is 2.54. The van der Waals surface area contributed by atoms with Gasteiger partial charge in [0.2, 0.25) is 0 Å². The van der Waals surface area contributed by atoms with E-state index in [-0.39, 0.29) is 22.9 Å². The highest BCUT2D eigenvalue weighted by atomic mass is 32.1. The number of aryl methyl sites for hydroxylation is 1. The van der Waals surface area contributed by atoms with Gasteiger partial charge in [-0.15, -0.1) is 0 Å².